The van der Waals surface area contributed by atoms with E-state index >= 15 is 0 Å². The Kier molecular flexibility index (Phi) is 4.73. The third-order valence-electron chi connectivity index (χ3n) is 3.13. The molecule has 3 rings (SSSR count). The number of aromatic amines is 1. The molecular weight excluding hydrogens is 378 g/mol. The van der Waals surface area contributed by atoms with Crippen LogP contribution in [0.2, 0.25) is 5.02 Å². The number of halogens is 3. The van der Waals surface area contributed by atoms with E-state index in [9.17, 15) is 17.2 Å². The topological polar surface area (TPSA) is 97.0 Å². The molecular formula is C14H11ClF2N4O3S. The van der Waals surface area contributed by atoms with Gasteiger partial charge in [0, 0.05) is 22.1 Å². The zero-order chi connectivity index (χ0) is 18.0. The molecule has 0 aliphatic carbocycles. The number of hydrogen-bond acceptors (Lipinski definition) is 5. The summed E-state index contributed by atoms with van der Waals surface area (Å²) < 4.78 is 56.0. The second kappa shape index (κ2) is 6.81. The molecule has 0 bridgehead atoms. The van der Waals surface area contributed by atoms with Gasteiger partial charge in [0.05, 0.1) is 12.4 Å². The van der Waals surface area contributed by atoms with Crippen molar-refractivity contribution in [2.45, 2.75) is 11.3 Å². The summed E-state index contributed by atoms with van der Waals surface area (Å²) in [5.41, 5.74) is 0.560. The van der Waals surface area contributed by atoms with Crippen LogP contribution in [0.25, 0.3) is 10.9 Å². The number of benzene rings is 1. The summed E-state index contributed by atoms with van der Waals surface area (Å²) in [4.78, 5) is 10.3. The third-order valence-corrected chi connectivity index (χ3v) is 4.73. The van der Waals surface area contributed by atoms with E-state index in [4.69, 9.17) is 16.3 Å². The van der Waals surface area contributed by atoms with Gasteiger partial charge in [0.15, 0.2) is 5.75 Å². The number of ether oxygens (including phenoxy) is 1. The van der Waals surface area contributed by atoms with Crippen molar-refractivity contribution in [1.29, 1.82) is 0 Å². The fourth-order valence-corrected chi connectivity index (χ4v) is 3.38. The average Bonchev–Trinajstić information content (AvgIpc) is 2.97. The molecule has 1 aromatic carbocycles. The largest absolute Gasteiger partial charge is 0.484 e. The molecule has 0 fully saturated rings. The van der Waals surface area contributed by atoms with Gasteiger partial charge in [0.2, 0.25) is 5.95 Å². The maximum atomic E-state index is 12.5. The summed E-state index contributed by atoms with van der Waals surface area (Å²) in [5, 5.41) is 0.919. The first kappa shape index (κ1) is 17.4. The van der Waals surface area contributed by atoms with Gasteiger partial charge in [-0.2, -0.15) is 0 Å². The standard InChI is InChI=1S/C14H11ClF2N4O3S/c15-8-1-2-10-11(3-8)18-6-12(10)25(22,23)21-14-19-4-9(5-20-14)24-7-13(16)17/h1-6,13,18H,7H2,(H,19,20,21). The Bertz CT molecular complexity index is 993. The van der Waals surface area contributed by atoms with E-state index in [1.807, 2.05) is 0 Å². The summed E-state index contributed by atoms with van der Waals surface area (Å²) in [6.07, 6.45) is 0.891. The number of sulfonamides is 1. The monoisotopic (exact) mass is 388 g/mol. The molecule has 132 valence electrons. The molecule has 2 aromatic heterocycles. The predicted molar refractivity (Wildman–Crippen MR) is 87.6 cm³/mol. The van der Waals surface area contributed by atoms with Crippen LogP contribution in [0.5, 0.6) is 5.75 Å². The van der Waals surface area contributed by atoms with Crippen molar-refractivity contribution in [3.63, 3.8) is 0 Å². The first-order valence-electron chi connectivity index (χ1n) is 6.87. The number of fused-ring (bicyclic) bond motifs is 1. The van der Waals surface area contributed by atoms with Gasteiger partial charge in [-0.05, 0) is 18.2 Å². The molecule has 0 aliphatic rings. The number of hydrogen-bond donors (Lipinski definition) is 2. The first-order valence-corrected chi connectivity index (χ1v) is 8.74. The van der Waals surface area contributed by atoms with Crippen molar-refractivity contribution >= 4 is 38.5 Å². The first-order chi connectivity index (χ1) is 11.8. The van der Waals surface area contributed by atoms with Gasteiger partial charge in [-0.1, -0.05) is 11.6 Å². The molecule has 7 nitrogen and oxygen atoms in total. The highest BCUT2D eigenvalue weighted by atomic mass is 35.5. The van der Waals surface area contributed by atoms with E-state index in [1.165, 1.54) is 6.20 Å². The molecule has 3 aromatic rings. The predicted octanol–water partition coefficient (Wildman–Crippen LogP) is 3.06. The zero-order valence-corrected chi connectivity index (χ0v) is 14.0. The Hall–Kier alpha value is -2.46. The highest BCUT2D eigenvalue weighted by molar-refractivity contribution is 7.93. The van der Waals surface area contributed by atoms with E-state index in [2.05, 4.69) is 19.7 Å². The van der Waals surface area contributed by atoms with Crippen molar-refractivity contribution < 1.29 is 21.9 Å². The van der Waals surface area contributed by atoms with Crippen molar-refractivity contribution in [3.05, 3.63) is 41.8 Å². The van der Waals surface area contributed by atoms with Crippen LogP contribution in [0.4, 0.5) is 14.7 Å². The maximum Gasteiger partial charge on any atom is 0.272 e. The van der Waals surface area contributed by atoms with Crippen LogP contribution >= 0.6 is 11.6 Å². The lowest BCUT2D eigenvalue weighted by Crippen LogP contribution is -2.15. The van der Waals surface area contributed by atoms with Crippen molar-refractivity contribution in [1.82, 2.24) is 15.0 Å². The van der Waals surface area contributed by atoms with Crippen molar-refractivity contribution in [3.8, 4) is 5.75 Å². The second-order valence-corrected chi connectivity index (χ2v) is 6.98. The summed E-state index contributed by atoms with van der Waals surface area (Å²) in [7, 11) is -3.96. The molecule has 11 heteroatoms. The minimum Gasteiger partial charge on any atom is -0.484 e. The molecule has 2 heterocycles. The molecule has 0 atom stereocenters. The summed E-state index contributed by atoms with van der Waals surface area (Å²) in [6, 6.07) is 4.74. The lowest BCUT2D eigenvalue weighted by Gasteiger charge is -2.07. The van der Waals surface area contributed by atoms with Crippen LogP contribution < -0.4 is 9.46 Å². The van der Waals surface area contributed by atoms with Crippen molar-refractivity contribution in [2.75, 3.05) is 11.3 Å². The minimum atomic E-state index is -3.96. The number of alkyl halides is 2. The number of anilines is 1. The smallest absolute Gasteiger partial charge is 0.272 e. The van der Waals surface area contributed by atoms with Gasteiger partial charge in [0.1, 0.15) is 11.5 Å². The molecule has 0 aliphatic heterocycles. The second-order valence-electron chi connectivity index (χ2n) is 4.89. The third kappa shape index (κ3) is 3.97. The average molecular weight is 389 g/mol. The highest BCUT2D eigenvalue weighted by Gasteiger charge is 2.20. The van der Waals surface area contributed by atoms with Gasteiger partial charge >= 0.3 is 0 Å². The summed E-state index contributed by atoms with van der Waals surface area (Å²) >= 11 is 5.87. The van der Waals surface area contributed by atoms with Crippen LogP contribution in [-0.4, -0.2) is 36.4 Å². The van der Waals surface area contributed by atoms with E-state index in [1.54, 1.807) is 18.2 Å². The highest BCUT2D eigenvalue weighted by Crippen LogP contribution is 2.26. The molecule has 2 N–H and O–H groups in total. The van der Waals surface area contributed by atoms with Crippen LogP contribution in [-0.2, 0) is 10.0 Å². The molecule has 25 heavy (non-hydrogen) atoms. The number of nitrogens with zero attached hydrogens (tertiary/aromatic N) is 2. The zero-order valence-electron chi connectivity index (χ0n) is 12.4. The SMILES string of the molecule is O=S(=O)(Nc1ncc(OCC(F)F)cn1)c1c[nH]c2cc(Cl)ccc12. The van der Waals surface area contributed by atoms with Crippen molar-refractivity contribution in [2.24, 2.45) is 0 Å². The van der Waals surface area contributed by atoms with Crippen LogP contribution in [0, 0.1) is 0 Å². The Morgan fingerprint density at radius 2 is 2.00 bits per heavy atom. The lowest BCUT2D eigenvalue weighted by atomic mass is 10.2. The van der Waals surface area contributed by atoms with Crippen LogP contribution in [0.15, 0.2) is 41.7 Å². The molecule has 0 amide bonds. The Labute approximate surface area is 146 Å². The minimum absolute atomic E-state index is 0.000735. The van der Waals surface area contributed by atoms with E-state index in [-0.39, 0.29) is 16.6 Å². The molecule has 0 saturated carbocycles. The van der Waals surface area contributed by atoms with Gasteiger partial charge in [0.25, 0.3) is 16.4 Å². The Morgan fingerprint density at radius 1 is 1.28 bits per heavy atom. The number of rotatable bonds is 6. The van der Waals surface area contributed by atoms with E-state index < -0.39 is 23.1 Å². The summed E-state index contributed by atoms with van der Waals surface area (Å²) in [6.45, 7) is -0.799. The van der Waals surface area contributed by atoms with Gasteiger partial charge in [-0.15, -0.1) is 0 Å². The molecule has 0 unspecified atom stereocenters. The van der Waals surface area contributed by atoms with Gasteiger partial charge in [-0.25, -0.2) is 31.9 Å². The molecule has 0 saturated heterocycles. The molecule has 0 radical (unpaired) electrons. The van der Waals surface area contributed by atoms with Gasteiger partial charge < -0.3 is 9.72 Å². The summed E-state index contributed by atoms with van der Waals surface area (Å²) in [5.74, 6) is -0.210. The maximum absolute atomic E-state index is 12.5. The number of H-pyrrole nitrogens is 1. The van der Waals surface area contributed by atoms with Crippen LogP contribution in [0.3, 0.4) is 0 Å². The number of aromatic nitrogens is 3. The van der Waals surface area contributed by atoms with E-state index in [0.717, 1.165) is 12.4 Å². The van der Waals surface area contributed by atoms with Crippen LogP contribution in [0.1, 0.15) is 0 Å². The fraction of sp³-hybridized carbons (Fsp3) is 0.143. The van der Waals surface area contributed by atoms with Gasteiger partial charge in [-0.3, -0.25) is 0 Å². The Balaban J connectivity index is 1.81. The Morgan fingerprint density at radius 3 is 2.68 bits per heavy atom. The molecule has 0 spiro atoms. The quantitative estimate of drug-likeness (QED) is 0.676. The number of nitrogens with one attached hydrogen (secondary N) is 2. The normalized spacial score (nSPS) is 11.8. The fourth-order valence-electron chi connectivity index (χ4n) is 2.07. The van der Waals surface area contributed by atoms with E-state index in [0.29, 0.717) is 15.9 Å². The lowest BCUT2D eigenvalue weighted by molar-refractivity contribution is 0.0815.